The van der Waals surface area contributed by atoms with Crippen molar-refractivity contribution in [1.82, 2.24) is 10.6 Å². The van der Waals surface area contributed by atoms with Crippen LogP contribution >= 0.6 is 23.2 Å². The Balaban J connectivity index is 2.23. The van der Waals surface area contributed by atoms with Crippen molar-refractivity contribution in [2.75, 3.05) is 13.2 Å². The van der Waals surface area contributed by atoms with Crippen LogP contribution in [0.3, 0.4) is 0 Å². The van der Waals surface area contributed by atoms with Crippen molar-refractivity contribution in [3.8, 4) is 0 Å². The smallest absolute Gasteiger partial charge is 0.338 e. The van der Waals surface area contributed by atoms with E-state index in [1.807, 2.05) is 6.92 Å². The Morgan fingerprint density at radius 1 is 1.08 bits per heavy atom. The summed E-state index contributed by atoms with van der Waals surface area (Å²) in [6, 6.07) is 3.29. The van der Waals surface area contributed by atoms with Crippen molar-refractivity contribution < 1.29 is 23.9 Å². The van der Waals surface area contributed by atoms with Gasteiger partial charge in [-0.1, -0.05) is 30.1 Å². The van der Waals surface area contributed by atoms with Crippen LogP contribution in [0.1, 0.15) is 30.6 Å². The Kier molecular flexibility index (Phi) is 6.88. The number of hydrogen-bond acceptors (Lipinski definition) is 5. The largest absolute Gasteiger partial charge is 0.463 e. The van der Waals surface area contributed by atoms with E-state index in [0.717, 1.165) is 0 Å². The van der Waals surface area contributed by atoms with Crippen LogP contribution < -0.4 is 10.6 Å². The van der Waals surface area contributed by atoms with Crippen LogP contribution in [0.4, 0.5) is 4.79 Å². The highest BCUT2D eigenvalue weighted by atomic mass is 35.5. The number of urea groups is 1. The van der Waals surface area contributed by atoms with Gasteiger partial charge in [-0.15, -0.1) is 0 Å². The van der Waals surface area contributed by atoms with Gasteiger partial charge >= 0.3 is 18.0 Å². The highest BCUT2D eigenvalue weighted by molar-refractivity contribution is 6.35. The molecule has 9 heteroatoms. The van der Waals surface area contributed by atoms with Gasteiger partial charge in [-0.25, -0.2) is 14.4 Å². The van der Waals surface area contributed by atoms with Crippen LogP contribution in [-0.2, 0) is 14.3 Å². The Morgan fingerprint density at radius 2 is 1.73 bits per heavy atom. The first-order chi connectivity index (χ1) is 12.3. The first-order valence-electron chi connectivity index (χ1n) is 7.96. The first kappa shape index (κ1) is 20.1. The number of carbonyl (C=O) groups is 3. The summed E-state index contributed by atoms with van der Waals surface area (Å²) in [4.78, 5) is 36.3. The monoisotopic (exact) mass is 400 g/mol. The number of rotatable bonds is 6. The molecule has 0 unspecified atom stereocenters. The standard InChI is InChI=1S/C17H18Cl2N2O5/c1-3-12-14(16(23)25-4-2)13(21-17(24)20-12)8-26-15(22)9-5-10(18)7-11(19)6-9/h5-7,12H,3-4,8H2,1-2H3,(H2,20,21,24)/t12-/m0/s1. The van der Waals surface area contributed by atoms with Crippen LogP contribution in [0.2, 0.25) is 10.0 Å². The number of esters is 2. The molecule has 1 heterocycles. The van der Waals surface area contributed by atoms with Gasteiger partial charge in [-0.05, 0) is 31.5 Å². The summed E-state index contributed by atoms with van der Waals surface area (Å²) in [7, 11) is 0. The molecule has 2 amide bonds. The highest BCUT2D eigenvalue weighted by Crippen LogP contribution is 2.21. The third-order valence-electron chi connectivity index (χ3n) is 3.59. The lowest BCUT2D eigenvalue weighted by Crippen LogP contribution is -2.51. The lowest BCUT2D eigenvalue weighted by atomic mass is 10.0. The zero-order chi connectivity index (χ0) is 19.3. The Morgan fingerprint density at radius 3 is 2.31 bits per heavy atom. The van der Waals surface area contributed by atoms with E-state index < -0.39 is 24.0 Å². The number of amides is 2. The van der Waals surface area contributed by atoms with Crippen LogP contribution in [0.25, 0.3) is 0 Å². The van der Waals surface area contributed by atoms with Gasteiger partial charge in [-0.3, -0.25) is 0 Å². The van der Waals surface area contributed by atoms with Crippen molar-refractivity contribution in [3.63, 3.8) is 0 Å². The number of carbonyl (C=O) groups excluding carboxylic acids is 3. The molecule has 1 aromatic rings. The second-order valence-corrected chi connectivity index (χ2v) is 6.28. The quantitative estimate of drug-likeness (QED) is 0.715. The minimum atomic E-state index is -0.689. The summed E-state index contributed by atoms with van der Waals surface area (Å²) in [5.74, 6) is -1.27. The van der Waals surface area contributed by atoms with Crippen molar-refractivity contribution >= 4 is 41.2 Å². The van der Waals surface area contributed by atoms with Gasteiger partial charge in [0.1, 0.15) is 6.61 Å². The van der Waals surface area contributed by atoms with E-state index >= 15 is 0 Å². The molecular formula is C17H18Cl2N2O5. The zero-order valence-corrected chi connectivity index (χ0v) is 15.7. The van der Waals surface area contributed by atoms with E-state index in [2.05, 4.69) is 10.6 Å². The molecule has 0 spiro atoms. The Bertz CT molecular complexity index is 743. The fraction of sp³-hybridized carbons (Fsp3) is 0.353. The molecule has 2 rings (SSSR count). The summed E-state index contributed by atoms with van der Waals surface area (Å²) in [6.45, 7) is 3.37. The molecule has 1 atom stereocenters. The van der Waals surface area contributed by atoms with E-state index in [4.69, 9.17) is 32.7 Å². The lowest BCUT2D eigenvalue weighted by molar-refractivity contribution is -0.139. The van der Waals surface area contributed by atoms with Gasteiger partial charge in [0.05, 0.1) is 29.5 Å². The summed E-state index contributed by atoms with van der Waals surface area (Å²) in [5, 5.41) is 5.71. The van der Waals surface area contributed by atoms with Gasteiger partial charge in [0, 0.05) is 10.0 Å². The minimum Gasteiger partial charge on any atom is -0.463 e. The maximum absolute atomic E-state index is 12.2. The molecule has 0 saturated carbocycles. The number of benzene rings is 1. The average Bonchev–Trinajstić information content (AvgIpc) is 2.58. The fourth-order valence-corrected chi connectivity index (χ4v) is 2.99. The molecule has 0 aliphatic carbocycles. The number of hydrogen-bond donors (Lipinski definition) is 2. The van der Waals surface area contributed by atoms with Crippen LogP contribution in [-0.4, -0.2) is 37.2 Å². The van der Waals surface area contributed by atoms with Crippen molar-refractivity contribution in [3.05, 3.63) is 45.1 Å². The van der Waals surface area contributed by atoms with Gasteiger partial charge in [0.25, 0.3) is 0 Å². The normalized spacial score (nSPS) is 16.6. The van der Waals surface area contributed by atoms with E-state index in [1.165, 1.54) is 18.2 Å². The fourth-order valence-electron chi connectivity index (χ4n) is 2.47. The van der Waals surface area contributed by atoms with E-state index in [0.29, 0.717) is 6.42 Å². The van der Waals surface area contributed by atoms with Gasteiger partial charge in [-0.2, -0.15) is 0 Å². The maximum atomic E-state index is 12.2. The summed E-state index contributed by atoms with van der Waals surface area (Å²) in [5.41, 5.74) is 0.569. The molecule has 7 nitrogen and oxygen atoms in total. The average molecular weight is 401 g/mol. The predicted octanol–water partition coefficient (Wildman–Crippen LogP) is 3.06. The zero-order valence-electron chi connectivity index (χ0n) is 14.2. The molecule has 1 aromatic carbocycles. The van der Waals surface area contributed by atoms with E-state index in [1.54, 1.807) is 6.92 Å². The molecule has 0 saturated heterocycles. The SMILES string of the molecule is CCOC(=O)C1=C(COC(=O)c2cc(Cl)cc(Cl)c2)NC(=O)N[C@H]1CC. The summed E-state index contributed by atoms with van der Waals surface area (Å²) in [6.07, 6.45) is 0.475. The molecule has 140 valence electrons. The van der Waals surface area contributed by atoms with Crippen LogP contribution in [0.15, 0.2) is 29.5 Å². The third-order valence-corrected chi connectivity index (χ3v) is 4.03. The molecule has 1 aliphatic rings. The third kappa shape index (κ3) is 4.89. The second kappa shape index (κ2) is 8.91. The van der Waals surface area contributed by atoms with Crippen molar-refractivity contribution in [1.29, 1.82) is 0 Å². The first-order valence-corrected chi connectivity index (χ1v) is 8.72. The van der Waals surface area contributed by atoms with E-state index in [-0.39, 0.29) is 40.1 Å². The topological polar surface area (TPSA) is 93.7 Å². The van der Waals surface area contributed by atoms with Gasteiger partial charge in [0.2, 0.25) is 0 Å². The molecule has 1 aliphatic heterocycles. The number of nitrogens with one attached hydrogen (secondary N) is 2. The van der Waals surface area contributed by atoms with E-state index in [9.17, 15) is 14.4 Å². The number of halogens is 2. The molecule has 2 N–H and O–H groups in total. The van der Waals surface area contributed by atoms with Crippen LogP contribution in [0, 0.1) is 0 Å². The maximum Gasteiger partial charge on any atom is 0.338 e. The molecule has 0 bridgehead atoms. The van der Waals surface area contributed by atoms with Gasteiger partial charge < -0.3 is 20.1 Å². The highest BCUT2D eigenvalue weighted by Gasteiger charge is 2.32. The summed E-state index contributed by atoms with van der Waals surface area (Å²) < 4.78 is 10.3. The Hall–Kier alpha value is -2.25. The molecule has 0 fully saturated rings. The molecule has 26 heavy (non-hydrogen) atoms. The second-order valence-electron chi connectivity index (χ2n) is 5.41. The van der Waals surface area contributed by atoms with Gasteiger partial charge in [0.15, 0.2) is 0 Å². The lowest BCUT2D eigenvalue weighted by Gasteiger charge is -2.28. The molecule has 0 aromatic heterocycles. The minimum absolute atomic E-state index is 0.160. The van der Waals surface area contributed by atoms with Crippen molar-refractivity contribution in [2.24, 2.45) is 0 Å². The van der Waals surface area contributed by atoms with Crippen LogP contribution in [0.5, 0.6) is 0 Å². The predicted molar refractivity (Wildman–Crippen MR) is 96.1 cm³/mol. The number of ether oxygens (including phenoxy) is 2. The van der Waals surface area contributed by atoms with Crippen molar-refractivity contribution in [2.45, 2.75) is 26.3 Å². The molecular weight excluding hydrogens is 383 g/mol. The molecule has 0 radical (unpaired) electrons. The Labute approximate surface area is 160 Å². The summed E-state index contributed by atoms with van der Waals surface area (Å²) >= 11 is 11.7.